The number of hydrogen-bond acceptors (Lipinski definition) is 4. The van der Waals surface area contributed by atoms with E-state index in [2.05, 4.69) is 10.1 Å². The van der Waals surface area contributed by atoms with Crippen LogP contribution in [0.4, 0.5) is 0 Å². The fourth-order valence-corrected chi connectivity index (χ4v) is 2.41. The van der Waals surface area contributed by atoms with E-state index in [-0.39, 0.29) is 0 Å². The minimum atomic E-state index is -0.419. The molecule has 3 aromatic heterocycles. The maximum atomic E-state index is 11.8. The number of ether oxygens (including phenoxy) is 1. The van der Waals surface area contributed by atoms with Crippen LogP contribution in [0.3, 0.4) is 0 Å². The predicted molar refractivity (Wildman–Crippen MR) is 74.2 cm³/mol. The van der Waals surface area contributed by atoms with Gasteiger partial charge in [-0.3, -0.25) is 9.25 Å². The smallest absolute Gasteiger partial charge is 0.338 e. The first-order valence-electron chi connectivity index (χ1n) is 5.85. The summed E-state index contributed by atoms with van der Waals surface area (Å²) in [6.45, 7) is 0. The second-order valence-electron chi connectivity index (χ2n) is 4.26. The number of pyridine rings is 1. The molecule has 0 aliphatic carbocycles. The largest absolute Gasteiger partial charge is 0.465 e. The van der Waals surface area contributed by atoms with Crippen LogP contribution in [0, 0.1) is 0 Å². The number of nitrogens with zero attached hydrogens (tertiary/aromatic N) is 4. The quantitative estimate of drug-likeness (QED) is 0.679. The minimum Gasteiger partial charge on any atom is -0.465 e. The van der Waals surface area contributed by atoms with Gasteiger partial charge in [0, 0.05) is 24.8 Å². The van der Waals surface area contributed by atoms with Gasteiger partial charge in [-0.05, 0) is 12.1 Å². The highest BCUT2D eigenvalue weighted by Gasteiger charge is 2.17. The van der Waals surface area contributed by atoms with Gasteiger partial charge in [0.15, 0.2) is 0 Å². The molecule has 0 aliphatic heterocycles. The summed E-state index contributed by atoms with van der Waals surface area (Å²) in [5.74, 6) is -0.419. The molecule has 0 radical (unpaired) electrons. The number of aromatic nitrogens is 4. The Labute approximate surface area is 119 Å². The third kappa shape index (κ3) is 1.85. The van der Waals surface area contributed by atoms with Gasteiger partial charge >= 0.3 is 5.97 Å². The van der Waals surface area contributed by atoms with Gasteiger partial charge in [0.05, 0.1) is 24.6 Å². The summed E-state index contributed by atoms with van der Waals surface area (Å²) in [6.07, 6.45) is 5.05. The molecule has 20 heavy (non-hydrogen) atoms. The van der Waals surface area contributed by atoms with Crippen LogP contribution in [-0.4, -0.2) is 32.4 Å². The second kappa shape index (κ2) is 4.64. The Balaban J connectivity index is 2.30. The lowest BCUT2D eigenvalue weighted by molar-refractivity contribution is 0.0603. The molecule has 0 saturated heterocycles. The molecule has 3 rings (SSSR count). The first-order valence-corrected chi connectivity index (χ1v) is 6.23. The summed E-state index contributed by atoms with van der Waals surface area (Å²) in [5, 5.41) is 5.21. The topological polar surface area (TPSA) is 61.9 Å². The van der Waals surface area contributed by atoms with E-state index in [9.17, 15) is 4.79 Å². The predicted octanol–water partition coefficient (Wildman–Crippen LogP) is 2.20. The van der Waals surface area contributed by atoms with Crippen molar-refractivity contribution in [3.05, 3.63) is 41.4 Å². The van der Waals surface area contributed by atoms with E-state index in [1.165, 1.54) is 7.11 Å². The number of hydrogen-bond donors (Lipinski definition) is 0. The Bertz CT molecular complexity index is 806. The number of halogens is 1. The van der Waals surface area contributed by atoms with Gasteiger partial charge in [-0.1, -0.05) is 11.6 Å². The van der Waals surface area contributed by atoms with Gasteiger partial charge in [0.1, 0.15) is 10.8 Å². The summed E-state index contributed by atoms with van der Waals surface area (Å²) in [4.78, 5) is 16.1. The molecule has 0 amide bonds. The average molecular weight is 291 g/mol. The molecule has 0 spiro atoms. The van der Waals surface area contributed by atoms with Crippen molar-refractivity contribution in [2.45, 2.75) is 0 Å². The van der Waals surface area contributed by atoms with Crippen LogP contribution in [0.2, 0.25) is 5.15 Å². The van der Waals surface area contributed by atoms with Crippen LogP contribution in [0.5, 0.6) is 0 Å². The molecular weight excluding hydrogens is 280 g/mol. The summed E-state index contributed by atoms with van der Waals surface area (Å²) in [7, 11) is 3.16. The van der Waals surface area contributed by atoms with Gasteiger partial charge in [0.2, 0.25) is 0 Å². The fraction of sp³-hybridized carbons (Fsp3) is 0.154. The van der Waals surface area contributed by atoms with E-state index < -0.39 is 5.97 Å². The number of methoxy groups -OCH3 is 1. The Morgan fingerprint density at radius 3 is 2.90 bits per heavy atom. The van der Waals surface area contributed by atoms with Crippen molar-refractivity contribution in [2.24, 2.45) is 7.05 Å². The SMILES string of the molecule is COC(=O)c1ccnc2c1cc(Cl)n2-c1cnn(C)c1. The van der Waals surface area contributed by atoms with E-state index in [0.29, 0.717) is 21.7 Å². The molecule has 0 fully saturated rings. The molecule has 6 nitrogen and oxygen atoms in total. The molecule has 0 aliphatic rings. The number of aryl methyl sites for hydroxylation is 1. The molecule has 0 bridgehead atoms. The van der Waals surface area contributed by atoms with Crippen molar-refractivity contribution in [1.82, 2.24) is 19.3 Å². The van der Waals surface area contributed by atoms with E-state index in [1.807, 2.05) is 13.2 Å². The van der Waals surface area contributed by atoms with Crippen molar-refractivity contribution < 1.29 is 9.53 Å². The highest BCUT2D eigenvalue weighted by atomic mass is 35.5. The average Bonchev–Trinajstić information content (AvgIpc) is 2.99. The number of esters is 1. The third-order valence-corrected chi connectivity index (χ3v) is 3.29. The van der Waals surface area contributed by atoms with Crippen LogP contribution in [0.15, 0.2) is 30.7 Å². The summed E-state index contributed by atoms with van der Waals surface area (Å²) in [6, 6.07) is 3.31. The zero-order chi connectivity index (χ0) is 14.3. The Morgan fingerprint density at radius 1 is 1.45 bits per heavy atom. The monoisotopic (exact) mass is 290 g/mol. The number of rotatable bonds is 2. The maximum Gasteiger partial charge on any atom is 0.338 e. The summed E-state index contributed by atoms with van der Waals surface area (Å²) in [5.41, 5.74) is 1.80. The summed E-state index contributed by atoms with van der Waals surface area (Å²) >= 11 is 6.27. The zero-order valence-corrected chi connectivity index (χ0v) is 11.6. The van der Waals surface area contributed by atoms with Crippen molar-refractivity contribution in [1.29, 1.82) is 0 Å². The molecule has 102 valence electrons. The Kier molecular flexibility index (Phi) is 2.94. The van der Waals surface area contributed by atoms with E-state index in [1.54, 1.807) is 33.8 Å². The first kappa shape index (κ1) is 12.7. The van der Waals surface area contributed by atoms with Crippen LogP contribution in [0.25, 0.3) is 16.7 Å². The lowest BCUT2D eigenvalue weighted by atomic mass is 10.2. The minimum absolute atomic E-state index is 0.419. The van der Waals surface area contributed by atoms with Gasteiger partial charge in [-0.25, -0.2) is 9.78 Å². The number of carbonyl (C=O) groups excluding carboxylic acids is 1. The van der Waals surface area contributed by atoms with E-state index in [4.69, 9.17) is 16.3 Å². The molecule has 0 saturated carbocycles. The summed E-state index contributed by atoms with van der Waals surface area (Å²) < 4.78 is 8.17. The van der Waals surface area contributed by atoms with Crippen molar-refractivity contribution >= 4 is 28.6 Å². The van der Waals surface area contributed by atoms with E-state index in [0.717, 1.165) is 5.69 Å². The van der Waals surface area contributed by atoms with Crippen LogP contribution < -0.4 is 0 Å². The zero-order valence-electron chi connectivity index (χ0n) is 10.9. The first-order chi connectivity index (χ1) is 9.61. The molecule has 0 aromatic carbocycles. The number of carbonyl (C=O) groups is 1. The van der Waals surface area contributed by atoms with Crippen LogP contribution in [0.1, 0.15) is 10.4 Å². The molecule has 0 atom stereocenters. The maximum absolute atomic E-state index is 11.8. The van der Waals surface area contributed by atoms with Gasteiger partial charge in [0.25, 0.3) is 0 Å². The molecule has 3 aromatic rings. The van der Waals surface area contributed by atoms with Crippen LogP contribution in [-0.2, 0) is 11.8 Å². The lowest BCUT2D eigenvalue weighted by Gasteiger charge is -2.04. The highest BCUT2D eigenvalue weighted by Crippen LogP contribution is 2.28. The normalized spacial score (nSPS) is 10.9. The van der Waals surface area contributed by atoms with Gasteiger partial charge in [-0.2, -0.15) is 5.10 Å². The van der Waals surface area contributed by atoms with Gasteiger partial charge in [-0.15, -0.1) is 0 Å². The number of fused-ring (bicyclic) bond motifs is 1. The van der Waals surface area contributed by atoms with Gasteiger partial charge < -0.3 is 4.74 Å². The van der Waals surface area contributed by atoms with Crippen molar-refractivity contribution in [3.8, 4) is 5.69 Å². The molecular formula is C13H11ClN4O2. The molecule has 0 N–H and O–H groups in total. The highest BCUT2D eigenvalue weighted by molar-refractivity contribution is 6.31. The van der Waals surface area contributed by atoms with Crippen molar-refractivity contribution in [3.63, 3.8) is 0 Å². The fourth-order valence-electron chi connectivity index (χ4n) is 2.12. The Morgan fingerprint density at radius 2 is 2.25 bits per heavy atom. The molecule has 7 heteroatoms. The Hall–Kier alpha value is -2.34. The standard InChI is InChI=1S/C13H11ClN4O2/c1-17-7-8(6-16-17)18-11(14)5-10-9(13(19)20-2)3-4-15-12(10)18/h3-7H,1-2H3. The van der Waals surface area contributed by atoms with Crippen molar-refractivity contribution in [2.75, 3.05) is 7.11 Å². The second-order valence-corrected chi connectivity index (χ2v) is 4.65. The van der Waals surface area contributed by atoms with E-state index >= 15 is 0 Å². The lowest BCUT2D eigenvalue weighted by Crippen LogP contribution is -2.02. The van der Waals surface area contributed by atoms with Crippen LogP contribution >= 0.6 is 11.6 Å². The molecule has 3 heterocycles. The molecule has 0 unspecified atom stereocenters. The third-order valence-electron chi connectivity index (χ3n) is 3.01.